The molecule has 0 amide bonds. The molecule has 0 spiro atoms. The molecule has 0 aromatic carbocycles. The lowest BCUT2D eigenvalue weighted by Crippen LogP contribution is -2.30. The Morgan fingerprint density at radius 2 is 0.535 bits per heavy atom. The van der Waals surface area contributed by atoms with E-state index in [2.05, 4.69) is 41.5 Å². The van der Waals surface area contributed by atoms with Crippen molar-refractivity contribution in [3.63, 3.8) is 0 Å². The Balaban J connectivity index is 5.21. The molecular formula is C67H130O17P2. The smallest absolute Gasteiger partial charge is 0.462 e. The van der Waals surface area contributed by atoms with Crippen LogP contribution >= 0.6 is 15.6 Å². The van der Waals surface area contributed by atoms with Crippen molar-refractivity contribution in [1.82, 2.24) is 0 Å². The zero-order valence-corrected chi connectivity index (χ0v) is 57.4. The first-order chi connectivity index (χ1) is 41.4. The van der Waals surface area contributed by atoms with Crippen LogP contribution in [0.25, 0.3) is 0 Å². The van der Waals surface area contributed by atoms with E-state index in [9.17, 15) is 43.2 Å². The Bertz CT molecular complexity index is 1680. The van der Waals surface area contributed by atoms with Crippen LogP contribution in [0, 0.1) is 11.8 Å². The first kappa shape index (κ1) is 84.1. The summed E-state index contributed by atoms with van der Waals surface area (Å²) in [4.78, 5) is 72.3. The quantitative estimate of drug-likeness (QED) is 0.0222. The molecule has 0 aliphatic carbocycles. The van der Waals surface area contributed by atoms with Gasteiger partial charge in [0.05, 0.1) is 26.4 Å². The lowest BCUT2D eigenvalue weighted by Gasteiger charge is -2.21. The summed E-state index contributed by atoms with van der Waals surface area (Å²) < 4.78 is 68.1. The predicted molar refractivity (Wildman–Crippen MR) is 345 cm³/mol. The molecule has 0 fully saturated rings. The summed E-state index contributed by atoms with van der Waals surface area (Å²) in [7, 11) is -9.89. The minimum atomic E-state index is -4.95. The van der Waals surface area contributed by atoms with Crippen LogP contribution in [0.1, 0.15) is 337 Å². The van der Waals surface area contributed by atoms with E-state index in [0.29, 0.717) is 25.7 Å². The van der Waals surface area contributed by atoms with E-state index >= 15 is 0 Å². The number of esters is 4. The monoisotopic (exact) mass is 1270 g/mol. The van der Waals surface area contributed by atoms with Gasteiger partial charge in [-0.05, 0) is 37.5 Å². The number of phosphoric acid groups is 2. The molecule has 0 aromatic rings. The summed E-state index contributed by atoms with van der Waals surface area (Å²) in [5.41, 5.74) is 0. The molecule has 17 nitrogen and oxygen atoms in total. The number of hydrogen-bond acceptors (Lipinski definition) is 15. The van der Waals surface area contributed by atoms with Crippen LogP contribution in [0.15, 0.2) is 0 Å². The molecule has 2 unspecified atom stereocenters. The number of aliphatic hydroxyl groups is 1. The maximum atomic E-state index is 13.0. The first-order valence-electron chi connectivity index (χ1n) is 35.0. The molecular weight excluding hydrogens is 1140 g/mol. The Morgan fingerprint density at radius 3 is 0.791 bits per heavy atom. The van der Waals surface area contributed by atoms with Gasteiger partial charge in [0.2, 0.25) is 0 Å². The van der Waals surface area contributed by atoms with Gasteiger partial charge in [-0.3, -0.25) is 37.3 Å². The molecule has 0 radical (unpaired) electrons. The second-order valence-corrected chi connectivity index (χ2v) is 28.1. The maximum absolute atomic E-state index is 13.0. The third kappa shape index (κ3) is 60.9. The van der Waals surface area contributed by atoms with Crippen LogP contribution in [-0.4, -0.2) is 96.7 Å². The van der Waals surface area contributed by atoms with Crippen molar-refractivity contribution in [3.05, 3.63) is 0 Å². The van der Waals surface area contributed by atoms with E-state index in [1.807, 2.05) is 0 Å². The van der Waals surface area contributed by atoms with Crippen molar-refractivity contribution in [2.24, 2.45) is 11.8 Å². The van der Waals surface area contributed by atoms with Crippen LogP contribution in [-0.2, 0) is 65.4 Å². The summed E-state index contributed by atoms with van der Waals surface area (Å²) in [5, 5.41) is 10.6. The largest absolute Gasteiger partial charge is 0.472 e. The third-order valence-corrected chi connectivity index (χ3v) is 17.4. The summed E-state index contributed by atoms with van der Waals surface area (Å²) in [5.74, 6) is -0.611. The fourth-order valence-corrected chi connectivity index (χ4v) is 11.6. The molecule has 0 bridgehead atoms. The lowest BCUT2D eigenvalue weighted by molar-refractivity contribution is -0.161. The summed E-state index contributed by atoms with van der Waals surface area (Å²) in [6, 6.07) is 0. The summed E-state index contributed by atoms with van der Waals surface area (Å²) in [6.07, 6.45) is 43.1. The number of carbonyl (C=O) groups is 4. The van der Waals surface area contributed by atoms with Crippen LogP contribution in [0.2, 0.25) is 0 Å². The molecule has 0 saturated carbocycles. The summed E-state index contributed by atoms with van der Waals surface area (Å²) >= 11 is 0. The van der Waals surface area contributed by atoms with Gasteiger partial charge in [0, 0.05) is 25.7 Å². The minimum absolute atomic E-state index is 0.106. The highest BCUT2D eigenvalue weighted by Gasteiger charge is 2.30. The van der Waals surface area contributed by atoms with E-state index in [1.165, 1.54) is 141 Å². The lowest BCUT2D eigenvalue weighted by atomic mass is 10.0. The third-order valence-electron chi connectivity index (χ3n) is 15.5. The fraction of sp³-hybridized carbons (Fsp3) is 0.940. The van der Waals surface area contributed by atoms with Gasteiger partial charge in [-0.25, -0.2) is 9.13 Å². The fourth-order valence-electron chi connectivity index (χ4n) is 10.1. The molecule has 0 aliphatic heterocycles. The molecule has 86 heavy (non-hydrogen) atoms. The number of hydrogen-bond donors (Lipinski definition) is 3. The number of ether oxygens (including phenoxy) is 4. The van der Waals surface area contributed by atoms with Crippen molar-refractivity contribution in [2.75, 3.05) is 39.6 Å². The average Bonchev–Trinajstić information content (AvgIpc) is 3.47. The zero-order valence-electron chi connectivity index (χ0n) is 55.6. The Labute approximate surface area is 524 Å². The van der Waals surface area contributed by atoms with E-state index in [4.69, 9.17) is 37.0 Å². The van der Waals surface area contributed by atoms with Crippen LogP contribution in [0.4, 0.5) is 0 Å². The Kier molecular flexibility index (Phi) is 58.0. The van der Waals surface area contributed by atoms with Crippen molar-refractivity contribution >= 4 is 39.5 Å². The van der Waals surface area contributed by atoms with Gasteiger partial charge in [0.25, 0.3) is 0 Å². The van der Waals surface area contributed by atoms with Gasteiger partial charge in [0.15, 0.2) is 12.2 Å². The van der Waals surface area contributed by atoms with Gasteiger partial charge in [0.1, 0.15) is 19.3 Å². The van der Waals surface area contributed by atoms with Gasteiger partial charge in [-0.2, -0.15) is 0 Å². The normalized spacial score (nSPS) is 14.2. The number of unbranched alkanes of at least 4 members (excludes halogenated alkanes) is 36. The van der Waals surface area contributed by atoms with Crippen LogP contribution in [0.5, 0.6) is 0 Å². The average molecular weight is 1270 g/mol. The number of carbonyl (C=O) groups excluding carboxylic acids is 4. The Morgan fingerprint density at radius 1 is 0.314 bits per heavy atom. The van der Waals surface area contributed by atoms with E-state index in [1.54, 1.807) is 0 Å². The van der Waals surface area contributed by atoms with Gasteiger partial charge in [-0.1, -0.05) is 286 Å². The minimum Gasteiger partial charge on any atom is -0.462 e. The molecule has 3 N–H and O–H groups in total. The SMILES string of the molecule is CCCCCCCCCCCCCCC(=O)O[C@H](COC(=O)CCCCCCCCC)COP(=O)(O)OC[C@H](O)COP(=O)(O)OC[C@@H](COC(=O)CCCCCCCCCCCC(C)C)OC(=O)CCCCCCCCCCCCCCC(C)C. The molecule has 0 aliphatic rings. The van der Waals surface area contributed by atoms with Crippen molar-refractivity contribution < 1.29 is 80.2 Å². The van der Waals surface area contributed by atoms with E-state index < -0.39 is 97.5 Å². The van der Waals surface area contributed by atoms with Crippen molar-refractivity contribution in [3.8, 4) is 0 Å². The molecule has 0 rings (SSSR count). The van der Waals surface area contributed by atoms with E-state index in [-0.39, 0.29) is 25.7 Å². The van der Waals surface area contributed by atoms with Crippen molar-refractivity contribution in [2.45, 2.75) is 355 Å². The number of rotatable bonds is 66. The first-order valence-corrected chi connectivity index (χ1v) is 38.0. The highest BCUT2D eigenvalue weighted by atomic mass is 31.2. The summed E-state index contributed by atoms with van der Waals surface area (Å²) in [6.45, 7) is 9.48. The Hall–Kier alpha value is -1.94. The maximum Gasteiger partial charge on any atom is 0.472 e. The second-order valence-electron chi connectivity index (χ2n) is 25.2. The number of aliphatic hydroxyl groups excluding tert-OH is 1. The molecule has 19 heteroatoms. The van der Waals surface area contributed by atoms with Gasteiger partial charge >= 0.3 is 39.5 Å². The zero-order chi connectivity index (χ0) is 63.6. The highest BCUT2D eigenvalue weighted by Crippen LogP contribution is 2.45. The van der Waals surface area contributed by atoms with Gasteiger partial charge in [-0.15, -0.1) is 0 Å². The van der Waals surface area contributed by atoms with E-state index in [0.717, 1.165) is 115 Å². The second kappa shape index (κ2) is 59.4. The molecule has 0 heterocycles. The highest BCUT2D eigenvalue weighted by molar-refractivity contribution is 7.47. The van der Waals surface area contributed by atoms with Crippen LogP contribution < -0.4 is 0 Å². The topological polar surface area (TPSA) is 237 Å². The van der Waals surface area contributed by atoms with Gasteiger partial charge < -0.3 is 33.8 Å². The van der Waals surface area contributed by atoms with Crippen LogP contribution in [0.3, 0.4) is 0 Å². The molecule has 0 aromatic heterocycles. The number of phosphoric ester groups is 2. The predicted octanol–water partition coefficient (Wildman–Crippen LogP) is 18.8. The molecule has 0 saturated heterocycles. The molecule has 510 valence electrons. The molecule has 5 atom stereocenters. The standard InChI is InChI=1S/C67H130O17P2/c1-7-9-11-13-15-16-17-21-26-33-39-45-51-66(71)83-62(55-77-64(69)49-43-37-29-14-12-10-8-2)57-81-85(73,74)79-53-61(68)54-80-86(75,76)82-58-63(56-78-65(70)50-44-38-32-28-23-25-31-36-42-48-60(5)6)84-67(72)52-46-40-34-27-22-19-18-20-24-30-35-41-47-59(3)4/h59-63,68H,7-58H2,1-6H3,(H,73,74)(H,75,76)/t61-,62+,63+/m0/s1. The van der Waals surface area contributed by atoms with Crippen molar-refractivity contribution in [1.29, 1.82) is 0 Å².